The fourth-order valence-electron chi connectivity index (χ4n) is 2.85. The Labute approximate surface area is 122 Å². The third-order valence-electron chi connectivity index (χ3n) is 4.06. The van der Waals surface area contributed by atoms with Crippen molar-refractivity contribution in [1.82, 2.24) is 9.88 Å². The van der Waals surface area contributed by atoms with Crippen LogP contribution in [0.4, 0.5) is 0 Å². The molecule has 0 atom stereocenters. The molecule has 0 saturated carbocycles. The first-order chi connectivity index (χ1) is 9.49. The van der Waals surface area contributed by atoms with E-state index in [-0.39, 0.29) is 5.56 Å². The summed E-state index contributed by atoms with van der Waals surface area (Å²) >= 11 is 0. The highest BCUT2D eigenvalue weighted by atomic mass is 16.1. The average molecular weight is 276 g/mol. The van der Waals surface area contributed by atoms with Gasteiger partial charge in [-0.1, -0.05) is 27.7 Å². The van der Waals surface area contributed by atoms with Crippen LogP contribution in [-0.4, -0.2) is 10.6 Å². The highest BCUT2D eigenvalue weighted by Gasteiger charge is 2.19. The van der Waals surface area contributed by atoms with Gasteiger partial charge in [-0.25, -0.2) is 0 Å². The highest BCUT2D eigenvalue weighted by Crippen LogP contribution is 2.22. The van der Waals surface area contributed by atoms with Gasteiger partial charge in [0.1, 0.15) is 0 Å². The van der Waals surface area contributed by atoms with Gasteiger partial charge in [-0.2, -0.15) is 0 Å². The molecule has 0 aromatic carbocycles. The Morgan fingerprint density at radius 3 is 2.65 bits per heavy atom. The lowest BCUT2D eigenvalue weighted by molar-refractivity contribution is 0.493. The standard InChI is InChI=1S/C17H28N2O/c1-12(2)8-9-19-16-7-5-6-14(16)10-15(17(19)20)11-18-13(3)4/h10,12-13,18H,5-9,11H2,1-4H3. The maximum atomic E-state index is 12.7. The topological polar surface area (TPSA) is 34.0 Å². The van der Waals surface area contributed by atoms with Crippen molar-refractivity contribution in [2.75, 3.05) is 0 Å². The van der Waals surface area contributed by atoms with Crippen LogP contribution >= 0.6 is 0 Å². The number of rotatable bonds is 6. The summed E-state index contributed by atoms with van der Waals surface area (Å²) in [5.74, 6) is 0.636. The van der Waals surface area contributed by atoms with Crippen molar-refractivity contribution in [3.8, 4) is 0 Å². The first kappa shape index (κ1) is 15.3. The summed E-state index contributed by atoms with van der Waals surface area (Å²) in [6.45, 7) is 10.2. The Hall–Kier alpha value is -1.09. The van der Waals surface area contributed by atoms with E-state index in [1.54, 1.807) is 0 Å². The van der Waals surface area contributed by atoms with Gasteiger partial charge in [0.05, 0.1) is 0 Å². The second-order valence-electron chi connectivity index (χ2n) is 6.67. The molecule has 1 N–H and O–H groups in total. The molecule has 1 aromatic heterocycles. The number of nitrogens with one attached hydrogen (secondary N) is 1. The predicted molar refractivity (Wildman–Crippen MR) is 84.2 cm³/mol. The summed E-state index contributed by atoms with van der Waals surface area (Å²) in [5, 5.41) is 3.37. The fraction of sp³-hybridized carbons (Fsp3) is 0.706. The van der Waals surface area contributed by atoms with E-state index >= 15 is 0 Å². The van der Waals surface area contributed by atoms with Crippen molar-refractivity contribution in [3.05, 3.63) is 33.2 Å². The van der Waals surface area contributed by atoms with Gasteiger partial charge in [-0.05, 0) is 43.2 Å². The van der Waals surface area contributed by atoms with Crippen LogP contribution in [0.1, 0.15) is 57.4 Å². The van der Waals surface area contributed by atoms with Crippen molar-refractivity contribution in [1.29, 1.82) is 0 Å². The number of fused-ring (bicyclic) bond motifs is 1. The number of aryl methyl sites for hydroxylation is 1. The lowest BCUT2D eigenvalue weighted by Crippen LogP contribution is -2.32. The first-order valence-corrected chi connectivity index (χ1v) is 7.97. The van der Waals surface area contributed by atoms with E-state index in [2.05, 4.69) is 43.6 Å². The third kappa shape index (κ3) is 3.51. The van der Waals surface area contributed by atoms with Gasteiger partial charge in [0.15, 0.2) is 0 Å². The van der Waals surface area contributed by atoms with Crippen molar-refractivity contribution in [2.24, 2.45) is 5.92 Å². The van der Waals surface area contributed by atoms with E-state index < -0.39 is 0 Å². The molecule has 1 aromatic rings. The summed E-state index contributed by atoms with van der Waals surface area (Å²) in [6, 6.07) is 2.55. The van der Waals surface area contributed by atoms with Gasteiger partial charge in [0, 0.05) is 30.4 Å². The van der Waals surface area contributed by atoms with E-state index in [1.807, 2.05) is 0 Å². The quantitative estimate of drug-likeness (QED) is 0.867. The van der Waals surface area contributed by atoms with Crippen LogP contribution in [0.2, 0.25) is 0 Å². The van der Waals surface area contributed by atoms with Gasteiger partial charge in [-0.15, -0.1) is 0 Å². The average Bonchev–Trinajstić information content (AvgIpc) is 2.82. The Bertz CT molecular complexity index is 514. The van der Waals surface area contributed by atoms with Crippen molar-refractivity contribution in [3.63, 3.8) is 0 Å². The number of nitrogens with zero attached hydrogens (tertiary/aromatic N) is 1. The molecule has 0 fully saturated rings. The number of aromatic nitrogens is 1. The zero-order valence-electron chi connectivity index (χ0n) is 13.3. The molecule has 1 aliphatic rings. The number of hydrogen-bond acceptors (Lipinski definition) is 2. The molecule has 3 nitrogen and oxygen atoms in total. The summed E-state index contributed by atoms with van der Waals surface area (Å²) < 4.78 is 2.06. The van der Waals surface area contributed by atoms with E-state index in [0.29, 0.717) is 18.5 Å². The highest BCUT2D eigenvalue weighted by molar-refractivity contribution is 5.30. The summed E-state index contributed by atoms with van der Waals surface area (Å²) in [4.78, 5) is 12.7. The summed E-state index contributed by atoms with van der Waals surface area (Å²) in [6.07, 6.45) is 4.47. The molecule has 0 spiro atoms. The van der Waals surface area contributed by atoms with E-state index in [1.165, 1.54) is 17.7 Å². The van der Waals surface area contributed by atoms with Crippen molar-refractivity contribution in [2.45, 2.75) is 72.5 Å². The maximum absolute atomic E-state index is 12.7. The molecule has 112 valence electrons. The molecule has 0 unspecified atom stereocenters. The van der Waals surface area contributed by atoms with Crippen LogP contribution in [-0.2, 0) is 25.9 Å². The summed E-state index contributed by atoms with van der Waals surface area (Å²) in [7, 11) is 0. The SMILES string of the molecule is CC(C)CCn1c2c(cc(CNC(C)C)c1=O)CCC2. The van der Waals surface area contributed by atoms with Crippen LogP contribution < -0.4 is 10.9 Å². The minimum atomic E-state index is 0.222. The molecular formula is C17H28N2O. The summed E-state index contributed by atoms with van der Waals surface area (Å²) in [5.41, 5.74) is 3.85. The van der Waals surface area contributed by atoms with E-state index in [0.717, 1.165) is 31.4 Å². The number of hydrogen-bond donors (Lipinski definition) is 1. The van der Waals surface area contributed by atoms with Crippen molar-refractivity contribution < 1.29 is 0 Å². The zero-order chi connectivity index (χ0) is 14.7. The second-order valence-corrected chi connectivity index (χ2v) is 6.67. The molecular weight excluding hydrogens is 248 g/mol. The van der Waals surface area contributed by atoms with Gasteiger partial charge < -0.3 is 9.88 Å². The van der Waals surface area contributed by atoms with Crippen LogP contribution in [0.25, 0.3) is 0 Å². The maximum Gasteiger partial charge on any atom is 0.255 e. The first-order valence-electron chi connectivity index (χ1n) is 7.97. The molecule has 0 radical (unpaired) electrons. The lowest BCUT2D eigenvalue weighted by Gasteiger charge is -2.16. The smallest absolute Gasteiger partial charge is 0.255 e. The predicted octanol–water partition coefficient (Wildman–Crippen LogP) is 2.88. The van der Waals surface area contributed by atoms with Crippen LogP contribution in [0.3, 0.4) is 0 Å². The monoisotopic (exact) mass is 276 g/mol. The molecule has 0 saturated heterocycles. The molecule has 2 rings (SSSR count). The largest absolute Gasteiger partial charge is 0.312 e. The molecule has 0 aliphatic heterocycles. The van der Waals surface area contributed by atoms with Crippen LogP contribution in [0.15, 0.2) is 10.9 Å². The fourth-order valence-corrected chi connectivity index (χ4v) is 2.85. The van der Waals surface area contributed by atoms with E-state index in [9.17, 15) is 4.79 Å². The Morgan fingerprint density at radius 1 is 1.25 bits per heavy atom. The molecule has 0 amide bonds. The van der Waals surface area contributed by atoms with E-state index in [4.69, 9.17) is 0 Å². The second kappa shape index (κ2) is 6.57. The van der Waals surface area contributed by atoms with Crippen LogP contribution in [0, 0.1) is 5.92 Å². The minimum absolute atomic E-state index is 0.222. The van der Waals surface area contributed by atoms with Gasteiger partial charge in [-0.3, -0.25) is 4.79 Å². The van der Waals surface area contributed by atoms with Gasteiger partial charge in [0.2, 0.25) is 0 Å². The molecule has 3 heteroatoms. The number of pyridine rings is 1. The minimum Gasteiger partial charge on any atom is -0.312 e. The van der Waals surface area contributed by atoms with Gasteiger partial charge >= 0.3 is 0 Å². The lowest BCUT2D eigenvalue weighted by atomic mass is 10.1. The van der Waals surface area contributed by atoms with Crippen LogP contribution in [0.5, 0.6) is 0 Å². The molecule has 20 heavy (non-hydrogen) atoms. The Morgan fingerprint density at radius 2 is 2.00 bits per heavy atom. The van der Waals surface area contributed by atoms with Gasteiger partial charge in [0.25, 0.3) is 5.56 Å². The molecule has 1 aliphatic carbocycles. The zero-order valence-corrected chi connectivity index (χ0v) is 13.3. The third-order valence-corrected chi connectivity index (χ3v) is 4.06. The normalized spacial score (nSPS) is 14.3. The Balaban J connectivity index is 2.30. The van der Waals surface area contributed by atoms with Crippen molar-refractivity contribution >= 4 is 0 Å². The molecule has 0 bridgehead atoms. The Kier molecular flexibility index (Phi) is 5.03. The molecule has 1 heterocycles.